The normalized spacial score (nSPS) is 11.6. The van der Waals surface area contributed by atoms with Gasteiger partial charge in [-0.05, 0) is 44.8 Å². The average molecular weight is 226 g/mol. The lowest BCUT2D eigenvalue weighted by Crippen LogP contribution is -2.33. The zero-order chi connectivity index (χ0) is 11.3. The second kappa shape index (κ2) is 6.26. The summed E-state index contributed by atoms with van der Waals surface area (Å²) in [6, 6.07) is 2.82. The van der Waals surface area contributed by atoms with Gasteiger partial charge in [0, 0.05) is 30.6 Å². The van der Waals surface area contributed by atoms with E-state index in [1.807, 2.05) is 11.3 Å². The molecule has 0 spiro atoms. The van der Waals surface area contributed by atoms with E-state index >= 15 is 0 Å². The van der Waals surface area contributed by atoms with Crippen LogP contribution < -0.4 is 5.32 Å². The topological polar surface area (TPSA) is 15.3 Å². The van der Waals surface area contributed by atoms with Gasteiger partial charge in [0.2, 0.25) is 0 Å². The van der Waals surface area contributed by atoms with E-state index in [4.69, 9.17) is 0 Å². The lowest BCUT2D eigenvalue weighted by Gasteiger charge is -2.20. The molecule has 1 aromatic heterocycles. The molecule has 0 aliphatic rings. The van der Waals surface area contributed by atoms with E-state index in [1.54, 1.807) is 0 Å². The van der Waals surface area contributed by atoms with Gasteiger partial charge >= 0.3 is 0 Å². The number of rotatable bonds is 6. The zero-order valence-corrected chi connectivity index (χ0v) is 11.0. The summed E-state index contributed by atoms with van der Waals surface area (Å²) in [5.74, 6) is 0. The molecular weight excluding hydrogens is 204 g/mol. The van der Waals surface area contributed by atoms with Crippen molar-refractivity contribution in [2.45, 2.75) is 33.4 Å². The summed E-state index contributed by atoms with van der Waals surface area (Å²) in [7, 11) is 2.17. The van der Waals surface area contributed by atoms with Crippen molar-refractivity contribution in [1.82, 2.24) is 10.2 Å². The number of nitrogens with one attached hydrogen (secondary N) is 1. The third kappa shape index (κ3) is 4.33. The summed E-state index contributed by atoms with van der Waals surface area (Å²) in [6.45, 7) is 9.81. The maximum absolute atomic E-state index is 3.48. The molecule has 1 heterocycles. The van der Waals surface area contributed by atoms with Crippen LogP contribution in [-0.2, 0) is 6.54 Å². The molecule has 0 aliphatic heterocycles. The Hall–Kier alpha value is -0.380. The first-order valence-corrected chi connectivity index (χ1v) is 6.43. The molecular formula is C12H22N2S. The van der Waals surface area contributed by atoms with Crippen LogP contribution in [0.3, 0.4) is 0 Å². The molecule has 0 atom stereocenters. The number of aryl methyl sites for hydroxylation is 1. The van der Waals surface area contributed by atoms with Crippen LogP contribution in [0.25, 0.3) is 0 Å². The number of likely N-dealkylation sites (N-methyl/N-ethyl adjacent to an activating group) is 1. The summed E-state index contributed by atoms with van der Waals surface area (Å²) < 4.78 is 0. The molecule has 86 valence electrons. The second-order valence-electron chi connectivity index (χ2n) is 4.28. The largest absolute Gasteiger partial charge is 0.311 e. The highest BCUT2D eigenvalue weighted by Crippen LogP contribution is 2.14. The summed E-state index contributed by atoms with van der Waals surface area (Å²) in [5.41, 5.74) is 1.41. The fourth-order valence-electron chi connectivity index (χ4n) is 1.30. The Balaban J connectivity index is 2.15. The highest BCUT2D eigenvalue weighted by atomic mass is 32.1. The van der Waals surface area contributed by atoms with Crippen molar-refractivity contribution in [2.24, 2.45) is 0 Å². The molecule has 1 rings (SSSR count). The summed E-state index contributed by atoms with van der Waals surface area (Å²) >= 11 is 1.84. The summed E-state index contributed by atoms with van der Waals surface area (Å²) in [6.07, 6.45) is 0. The molecule has 0 saturated carbocycles. The number of thiophene rings is 1. The molecule has 0 fully saturated rings. The van der Waals surface area contributed by atoms with E-state index in [0.29, 0.717) is 6.04 Å². The minimum atomic E-state index is 0.635. The van der Waals surface area contributed by atoms with Crippen LogP contribution in [0.15, 0.2) is 11.4 Å². The van der Waals surface area contributed by atoms with Gasteiger partial charge in [-0.1, -0.05) is 0 Å². The Kier molecular flexibility index (Phi) is 5.29. The predicted octanol–water partition coefficient (Wildman–Crippen LogP) is 2.49. The Morgan fingerprint density at radius 3 is 2.73 bits per heavy atom. The molecule has 0 amide bonds. The standard InChI is InChI=1S/C12H22N2S/c1-10(2)14(4)7-6-13-9-12-11(3)5-8-15-12/h5,8,10,13H,6-7,9H2,1-4H3. The molecule has 1 N–H and O–H groups in total. The molecule has 0 radical (unpaired) electrons. The molecule has 0 saturated heterocycles. The lowest BCUT2D eigenvalue weighted by atomic mass is 10.3. The molecule has 15 heavy (non-hydrogen) atoms. The molecule has 0 aliphatic carbocycles. The Morgan fingerprint density at radius 2 is 2.20 bits per heavy atom. The Labute approximate surface area is 97.3 Å². The first kappa shape index (κ1) is 12.7. The van der Waals surface area contributed by atoms with E-state index in [9.17, 15) is 0 Å². The summed E-state index contributed by atoms with van der Waals surface area (Å²) in [5, 5.41) is 5.64. The van der Waals surface area contributed by atoms with Gasteiger partial charge in [-0.15, -0.1) is 11.3 Å². The Bertz CT molecular complexity index is 281. The maximum Gasteiger partial charge on any atom is 0.0302 e. The highest BCUT2D eigenvalue weighted by molar-refractivity contribution is 7.10. The van der Waals surface area contributed by atoms with Crippen molar-refractivity contribution in [2.75, 3.05) is 20.1 Å². The SMILES string of the molecule is Cc1ccsc1CNCCN(C)C(C)C. The smallest absolute Gasteiger partial charge is 0.0302 e. The lowest BCUT2D eigenvalue weighted by molar-refractivity contribution is 0.273. The first-order valence-electron chi connectivity index (χ1n) is 5.55. The average Bonchev–Trinajstić information content (AvgIpc) is 2.58. The first-order chi connectivity index (χ1) is 7.11. The monoisotopic (exact) mass is 226 g/mol. The number of hydrogen-bond acceptors (Lipinski definition) is 3. The highest BCUT2D eigenvalue weighted by Gasteiger charge is 2.02. The van der Waals surface area contributed by atoms with Crippen LogP contribution in [0.2, 0.25) is 0 Å². The van der Waals surface area contributed by atoms with Crippen molar-refractivity contribution >= 4 is 11.3 Å². The van der Waals surface area contributed by atoms with Crippen molar-refractivity contribution in [3.63, 3.8) is 0 Å². The van der Waals surface area contributed by atoms with Gasteiger partial charge in [0.15, 0.2) is 0 Å². The van der Waals surface area contributed by atoms with Crippen molar-refractivity contribution < 1.29 is 0 Å². The van der Waals surface area contributed by atoms with Crippen molar-refractivity contribution in [1.29, 1.82) is 0 Å². The van der Waals surface area contributed by atoms with E-state index < -0.39 is 0 Å². The van der Waals surface area contributed by atoms with Crippen LogP contribution in [0.4, 0.5) is 0 Å². The van der Waals surface area contributed by atoms with Gasteiger partial charge in [-0.25, -0.2) is 0 Å². The number of hydrogen-bond donors (Lipinski definition) is 1. The number of nitrogens with zero attached hydrogens (tertiary/aromatic N) is 1. The molecule has 1 aromatic rings. The second-order valence-corrected chi connectivity index (χ2v) is 5.28. The van der Waals surface area contributed by atoms with Crippen LogP contribution in [0.5, 0.6) is 0 Å². The van der Waals surface area contributed by atoms with Gasteiger partial charge in [-0.2, -0.15) is 0 Å². The van der Waals surface area contributed by atoms with Crippen LogP contribution in [0, 0.1) is 6.92 Å². The molecule has 0 unspecified atom stereocenters. The molecule has 3 heteroatoms. The minimum Gasteiger partial charge on any atom is -0.311 e. The fourth-order valence-corrected chi connectivity index (χ4v) is 2.18. The van der Waals surface area contributed by atoms with Crippen LogP contribution in [0.1, 0.15) is 24.3 Å². The third-order valence-corrected chi connectivity index (χ3v) is 3.80. The zero-order valence-electron chi connectivity index (χ0n) is 10.2. The van der Waals surface area contributed by atoms with Gasteiger partial charge in [-0.3, -0.25) is 0 Å². The minimum absolute atomic E-state index is 0.635. The van der Waals surface area contributed by atoms with Gasteiger partial charge in [0.1, 0.15) is 0 Å². The molecule has 0 bridgehead atoms. The van der Waals surface area contributed by atoms with E-state index in [-0.39, 0.29) is 0 Å². The quantitative estimate of drug-likeness (QED) is 0.750. The van der Waals surface area contributed by atoms with E-state index in [0.717, 1.165) is 19.6 Å². The fraction of sp³-hybridized carbons (Fsp3) is 0.667. The van der Waals surface area contributed by atoms with Gasteiger partial charge < -0.3 is 10.2 Å². The van der Waals surface area contributed by atoms with Crippen LogP contribution in [-0.4, -0.2) is 31.1 Å². The molecule has 2 nitrogen and oxygen atoms in total. The van der Waals surface area contributed by atoms with E-state index in [1.165, 1.54) is 10.4 Å². The third-order valence-electron chi connectivity index (χ3n) is 2.78. The van der Waals surface area contributed by atoms with Crippen molar-refractivity contribution in [3.05, 3.63) is 21.9 Å². The van der Waals surface area contributed by atoms with E-state index in [2.05, 4.69) is 49.5 Å². The summed E-state index contributed by atoms with van der Waals surface area (Å²) in [4.78, 5) is 3.82. The van der Waals surface area contributed by atoms with Crippen molar-refractivity contribution in [3.8, 4) is 0 Å². The van der Waals surface area contributed by atoms with Gasteiger partial charge in [0.05, 0.1) is 0 Å². The molecule has 0 aromatic carbocycles. The maximum atomic E-state index is 3.48. The Morgan fingerprint density at radius 1 is 1.47 bits per heavy atom. The predicted molar refractivity (Wildman–Crippen MR) is 68.5 cm³/mol. The van der Waals surface area contributed by atoms with Gasteiger partial charge in [0.25, 0.3) is 0 Å². The van der Waals surface area contributed by atoms with Crippen LogP contribution >= 0.6 is 11.3 Å².